The van der Waals surface area contributed by atoms with Gasteiger partial charge in [-0.15, -0.1) is 5.10 Å². The third-order valence-corrected chi connectivity index (χ3v) is 4.65. The molecule has 0 bridgehead atoms. The number of anilines is 2. The largest absolute Gasteiger partial charge is 0.361 e. The molecule has 0 atom stereocenters. The molecule has 0 spiro atoms. The standard InChI is InChI=1S/C20H18ClN7O/c1-12-5-6-15(9-16(12)21)25-18(29)11-23-17-8-13(2)24-20-26-19(27-28(17)20)14-4-3-7-22-10-14/h3-10,23H,11H2,1-2H3,(H,25,29). The van der Waals surface area contributed by atoms with Gasteiger partial charge in [-0.3, -0.25) is 9.78 Å². The van der Waals surface area contributed by atoms with E-state index < -0.39 is 0 Å². The zero-order valence-electron chi connectivity index (χ0n) is 15.8. The van der Waals surface area contributed by atoms with Crippen molar-refractivity contribution in [1.29, 1.82) is 0 Å². The molecule has 8 nitrogen and oxygen atoms in total. The van der Waals surface area contributed by atoms with Gasteiger partial charge in [0.2, 0.25) is 5.91 Å². The van der Waals surface area contributed by atoms with E-state index in [9.17, 15) is 4.79 Å². The van der Waals surface area contributed by atoms with Gasteiger partial charge in [0.15, 0.2) is 5.82 Å². The number of hydrogen-bond donors (Lipinski definition) is 2. The van der Waals surface area contributed by atoms with Crippen LogP contribution in [0.5, 0.6) is 0 Å². The van der Waals surface area contributed by atoms with Gasteiger partial charge in [-0.1, -0.05) is 17.7 Å². The Kier molecular flexibility index (Phi) is 5.09. The number of aryl methyl sites for hydroxylation is 2. The summed E-state index contributed by atoms with van der Waals surface area (Å²) in [5.41, 5.74) is 3.14. The van der Waals surface area contributed by atoms with E-state index in [0.717, 1.165) is 16.8 Å². The molecule has 29 heavy (non-hydrogen) atoms. The summed E-state index contributed by atoms with van der Waals surface area (Å²) in [6.07, 6.45) is 3.38. The van der Waals surface area contributed by atoms with Crippen molar-refractivity contribution < 1.29 is 4.79 Å². The molecule has 4 aromatic rings. The Hall–Kier alpha value is -3.52. The maximum Gasteiger partial charge on any atom is 0.254 e. The number of fused-ring (bicyclic) bond motifs is 1. The smallest absolute Gasteiger partial charge is 0.254 e. The molecule has 0 aliphatic heterocycles. The second-order valence-corrected chi connectivity index (χ2v) is 6.94. The number of rotatable bonds is 5. The van der Waals surface area contributed by atoms with E-state index in [1.807, 2.05) is 44.2 Å². The van der Waals surface area contributed by atoms with Crippen molar-refractivity contribution in [3.63, 3.8) is 0 Å². The minimum atomic E-state index is -0.208. The van der Waals surface area contributed by atoms with Crippen molar-refractivity contribution in [1.82, 2.24) is 24.6 Å². The number of aromatic nitrogens is 5. The summed E-state index contributed by atoms with van der Waals surface area (Å²) >= 11 is 6.11. The molecule has 3 heterocycles. The number of nitrogens with one attached hydrogen (secondary N) is 2. The van der Waals surface area contributed by atoms with E-state index in [2.05, 4.69) is 30.7 Å². The number of pyridine rings is 1. The van der Waals surface area contributed by atoms with Crippen LogP contribution >= 0.6 is 11.6 Å². The highest BCUT2D eigenvalue weighted by Crippen LogP contribution is 2.20. The van der Waals surface area contributed by atoms with E-state index in [1.54, 1.807) is 23.0 Å². The van der Waals surface area contributed by atoms with E-state index in [-0.39, 0.29) is 12.5 Å². The molecule has 3 aromatic heterocycles. The molecule has 0 aliphatic rings. The molecule has 0 aliphatic carbocycles. The topological polar surface area (TPSA) is 97.1 Å². The summed E-state index contributed by atoms with van der Waals surface area (Å²) in [5.74, 6) is 1.36. The molecule has 9 heteroatoms. The zero-order chi connectivity index (χ0) is 20.4. The average Bonchev–Trinajstić information content (AvgIpc) is 3.14. The van der Waals surface area contributed by atoms with Crippen molar-refractivity contribution in [3.05, 3.63) is 65.1 Å². The fourth-order valence-electron chi connectivity index (χ4n) is 2.78. The second kappa shape index (κ2) is 7.84. The normalized spacial score (nSPS) is 10.9. The van der Waals surface area contributed by atoms with E-state index in [1.165, 1.54) is 0 Å². The third kappa shape index (κ3) is 4.17. The third-order valence-electron chi connectivity index (χ3n) is 4.25. The Morgan fingerprint density at radius 3 is 2.79 bits per heavy atom. The summed E-state index contributed by atoms with van der Waals surface area (Å²) in [6, 6.07) is 10.9. The Balaban J connectivity index is 1.53. The molecule has 0 fully saturated rings. The average molecular weight is 408 g/mol. The van der Waals surface area contributed by atoms with Crippen LogP contribution in [0.25, 0.3) is 17.2 Å². The lowest BCUT2D eigenvalue weighted by atomic mass is 10.2. The van der Waals surface area contributed by atoms with Crippen LogP contribution in [0, 0.1) is 13.8 Å². The van der Waals surface area contributed by atoms with Crippen LogP contribution < -0.4 is 10.6 Å². The SMILES string of the molecule is Cc1cc(NCC(=O)Nc2ccc(C)c(Cl)c2)n2nc(-c3cccnc3)nc2n1. The van der Waals surface area contributed by atoms with Crippen LogP contribution in [0.4, 0.5) is 11.5 Å². The van der Waals surface area contributed by atoms with Crippen molar-refractivity contribution in [2.75, 3.05) is 17.2 Å². The van der Waals surface area contributed by atoms with Crippen molar-refractivity contribution >= 4 is 34.8 Å². The van der Waals surface area contributed by atoms with Crippen LogP contribution in [-0.4, -0.2) is 37.0 Å². The van der Waals surface area contributed by atoms with Gasteiger partial charge in [-0.05, 0) is 43.7 Å². The van der Waals surface area contributed by atoms with Gasteiger partial charge in [0.25, 0.3) is 5.78 Å². The predicted octanol–water partition coefficient (Wildman–Crippen LogP) is 3.51. The van der Waals surface area contributed by atoms with Crippen LogP contribution in [0.1, 0.15) is 11.3 Å². The van der Waals surface area contributed by atoms with Gasteiger partial charge < -0.3 is 10.6 Å². The summed E-state index contributed by atoms with van der Waals surface area (Å²) < 4.78 is 1.57. The van der Waals surface area contributed by atoms with Crippen LogP contribution in [0.2, 0.25) is 5.02 Å². The summed E-state index contributed by atoms with van der Waals surface area (Å²) in [4.78, 5) is 25.3. The molecular formula is C20H18ClN7O. The Morgan fingerprint density at radius 2 is 2.03 bits per heavy atom. The maximum absolute atomic E-state index is 12.3. The van der Waals surface area contributed by atoms with Gasteiger partial charge >= 0.3 is 0 Å². The zero-order valence-corrected chi connectivity index (χ0v) is 16.6. The van der Waals surface area contributed by atoms with Gasteiger partial charge in [0, 0.05) is 40.4 Å². The molecule has 0 saturated heterocycles. The summed E-state index contributed by atoms with van der Waals surface area (Å²) in [7, 11) is 0. The molecule has 4 rings (SSSR count). The number of amides is 1. The fourth-order valence-corrected chi connectivity index (χ4v) is 2.96. The van der Waals surface area contributed by atoms with E-state index >= 15 is 0 Å². The van der Waals surface area contributed by atoms with E-state index in [0.29, 0.717) is 28.1 Å². The monoisotopic (exact) mass is 407 g/mol. The van der Waals surface area contributed by atoms with E-state index in [4.69, 9.17) is 11.6 Å². The highest BCUT2D eigenvalue weighted by molar-refractivity contribution is 6.31. The van der Waals surface area contributed by atoms with Crippen LogP contribution in [-0.2, 0) is 4.79 Å². The molecule has 2 N–H and O–H groups in total. The molecule has 0 radical (unpaired) electrons. The lowest BCUT2D eigenvalue weighted by Crippen LogP contribution is -2.23. The molecule has 146 valence electrons. The Labute approximate surface area is 172 Å². The maximum atomic E-state index is 12.3. The highest BCUT2D eigenvalue weighted by Gasteiger charge is 2.12. The van der Waals surface area contributed by atoms with Gasteiger partial charge in [-0.2, -0.15) is 9.50 Å². The first-order valence-electron chi connectivity index (χ1n) is 8.94. The Bertz CT molecular complexity index is 1190. The molecular weight excluding hydrogens is 390 g/mol. The molecule has 1 aromatic carbocycles. The Morgan fingerprint density at radius 1 is 1.17 bits per heavy atom. The van der Waals surface area contributed by atoms with Crippen LogP contribution in [0.3, 0.4) is 0 Å². The van der Waals surface area contributed by atoms with Crippen molar-refractivity contribution in [2.45, 2.75) is 13.8 Å². The van der Waals surface area contributed by atoms with Gasteiger partial charge in [-0.25, -0.2) is 4.98 Å². The first kappa shape index (κ1) is 18.8. The molecule has 0 saturated carbocycles. The lowest BCUT2D eigenvalue weighted by molar-refractivity contribution is -0.114. The minimum absolute atomic E-state index is 0.0478. The molecule has 1 amide bonds. The number of benzene rings is 1. The number of halogens is 1. The minimum Gasteiger partial charge on any atom is -0.361 e. The summed E-state index contributed by atoms with van der Waals surface area (Å²) in [6.45, 7) is 3.81. The van der Waals surface area contributed by atoms with Gasteiger partial charge in [0.05, 0.1) is 6.54 Å². The first-order chi connectivity index (χ1) is 14.0. The number of carbonyl (C=O) groups is 1. The number of carbonyl (C=O) groups excluding carboxylic acids is 1. The molecule has 0 unspecified atom stereocenters. The number of hydrogen-bond acceptors (Lipinski definition) is 6. The summed E-state index contributed by atoms with van der Waals surface area (Å²) in [5, 5.41) is 11.0. The lowest BCUT2D eigenvalue weighted by Gasteiger charge is -2.10. The van der Waals surface area contributed by atoms with Crippen LogP contribution in [0.15, 0.2) is 48.8 Å². The highest BCUT2D eigenvalue weighted by atomic mass is 35.5. The second-order valence-electron chi connectivity index (χ2n) is 6.54. The van der Waals surface area contributed by atoms with Gasteiger partial charge in [0.1, 0.15) is 5.82 Å². The van der Waals surface area contributed by atoms with Crippen molar-refractivity contribution in [3.8, 4) is 11.4 Å². The first-order valence-corrected chi connectivity index (χ1v) is 9.32. The van der Waals surface area contributed by atoms with Crippen molar-refractivity contribution in [2.24, 2.45) is 0 Å². The quantitative estimate of drug-likeness (QED) is 0.525. The number of nitrogens with zero attached hydrogens (tertiary/aromatic N) is 5. The predicted molar refractivity (Wildman–Crippen MR) is 112 cm³/mol. The fraction of sp³-hybridized carbons (Fsp3) is 0.150.